The number of hydrogen-bond donors (Lipinski definition) is 1. The Morgan fingerprint density at radius 1 is 1.45 bits per heavy atom. The molecule has 3 nitrogen and oxygen atoms in total. The Bertz CT molecular complexity index is 527. The van der Waals surface area contributed by atoms with Crippen LogP contribution in [0, 0.1) is 5.92 Å². The van der Waals surface area contributed by atoms with Gasteiger partial charge in [0.15, 0.2) is 0 Å². The van der Waals surface area contributed by atoms with E-state index in [9.17, 15) is 4.79 Å². The molecule has 1 aromatic rings. The van der Waals surface area contributed by atoms with Gasteiger partial charge in [-0.2, -0.15) is 0 Å². The zero-order valence-corrected chi connectivity index (χ0v) is 12.6. The highest BCUT2D eigenvalue weighted by Gasteiger charge is 2.24. The number of anilines is 1. The van der Waals surface area contributed by atoms with Crippen molar-refractivity contribution in [2.45, 2.75) is 32.7 Å². The molecule has 1 fully saturated rings. The van der Waals surface area contributed by atoms with Gasteiger partial charge < -0.3 is 10.0 Å². The number of carboxylic acids is 1. The smallest absolute Gasteiger partial charge is 0.328 e. The van der Waals surface area contributed by atoms with E-state index in [1.165, 1.54) is 0 Å². The standard InChI is InChI=1S/C16H20ClNO2/c1-11-7-8-18(12(2)9-11)15-5-4-14(17)10-13(15)3-6-16(19)20/h3-6,10-12H,7-9H2,1-2H3,(H,19,20)/b6-3+. The SMILES string of the molecule is CC1CCN(c2ccc(Cl)cc2/C=C/C(=O)O)C(C)C1. The molecule has 1 heterocycles. The van der Waals surface area contributed by atoms with E-state index >= 15 is 0 Å². The number of benzene rings is 1. The number of halogens is 1. The van der Waals surface area contributed by atoms with E-state index in [0.29, 0.717) is 11.1 Å². The average Bonchev–Trinajstić information content (AvgIpc) is 2.37. The quantitative estimate of drug-likeness (QED) is 0.854. The van der Waals surface area contributed by atoms with Crippen molar-refractivity contribution >= 4 is 29.3 Å². The van der Waals surface area contributed by atoms with Gasteiger partial charge in [-0.3, -0.25) is 0 Å². The molecule has 1 saturated heterocycles. The lowest BCUT2D eigenvalue weighted by Gasteiger charge is -2.39. The highest BCUT2D eigenvalue weighted by Crippen LogP contribution is 2.32. The van der Waals surface area contributed by atoms with Crippen LogP contribution in [0.4, 0.5) is 5.69 Å². The van der Waals surface area contributed by atoms with Crippen LogP contribution in [0.15, 0.2) is 24.3 Å². The number of nitrogens with zero attached hydrogens (tertiary/aromatic N) is 1. The first-order chi connectivity index (χ1) is 9.47. The first-order valence-electron chi connectivity index (χ1n) is 6.94. The summed E-state index contributed by atoms with van der Waals surface area (Å²) in [6, 6.07) is 6.12. The lowest BCUT2D eigenvalue weighted by atomic mass is 9.92. The molecule has 0 amide bonds. The topological polar surface area (TPSA) is 40.5 Å². The van der Waals surface area contributed by atoms with Crippen molar-refractivity contribution in [1.29, 1.82) is 0 Å². The molecule has 2 rings (SSSR count). The van der Waals surface area contributed by atoms with E-state index in [1.54, 1.807) is 6.08 Å². The molecule has 0 aromatic heterocycles. The van der Waals surface area contributed by atoms with Crippen LogP contribution in [0.5, 0.6) is 0 Å². The minimum absolute atomic E-state index is 0.455. The molecule has 0 bridgehead atoms. The van der Waals surface area contributed by atoms with Crippen molar-refractivity contribution in [1.82, 2.24) is 0 Å². The van der Waals surface area contributed by atoms with Gasteiger partial charge in [-0.25, -0.2) is 4.79 Å². The average molecular weight is 294 g/mol. The zero-order valence-electron chi connectivity index (χ0n) is 11.8. The Morgan fingerprint density at radius 2 is 2.20 bits per heavy atom. The molecular weight excluding hydrogens is 274 g/mol. The van der Waals surface area contributed by atoms with Crippen LogP contribution >= 0.6 is 11.6 Å². The van der Waals surface area contributed by atoms with Gasteiger partial charge in [-0.05, 0) is 55.5 Å². The molecule has 0 aliphatic carbocycles. The Morgan fingerprint density at radius 3 is 2.85 bits per heavy atom. The van der Waals surface area contributed by atoms with E-state index in [4.69, 9.17) is 16.7 Å². The first-order valence-corrected chi connectivity index (χ1v) is 7.32. The van der Waals surface area contributed by atoms with E-state index in [2.05, 4.69) is 18.7 Å². The molecule has 108 valence electrons. The van der Waals surface area contributed by atoms with Crippen molar-refractivity contribution in [2.24, 2.45) is 5.92 Å². The monoisotopic (exact) mass is 293 g/mol. The van der Waals surface area contributed by atoms with E-state index in [1.807, 2.05) is 18.2 Å². The lowest BCUT2D eigenvalue weighted by molar-refractivity contribution is -0.131. The van der Waals surface area contributed by atoms with Gasteiger partial charge >= 0.3 is 5.97 Å². The van der Waals surface area contributed by atoms with Crippen LogP contribution in [0.2, 0.25) is 5.02 Å². The maximum Gasteiger partial charge on any atom is 0.328 e. The van der Waals surface area contributed by atoms with Crippen LogP contribution in [0.25, 0.3) is 6.08 Å². The summed E-state index contributed by atoms with van der Waals surface area (Å²) >= 11 is 6.03. The minimum atomic E-state index is -0.948. The molecule has 2 unspecified atom stereocenters. The zero-order chi connectivity index (χ0) is 14.7. The molecule has 1 N–H and O–H groups in total. The molecule has 1 aromatic carbocycles. The predicted octanol–water partition coefficient (Wildman–Crippen LogP) is 4.06. The van der Waals surface area contributed by atoms with Gasteiger partial charge in [0, 0.05) is 29.4 Å². The van der Waals surface area contributed by atoms with Crippen molar-refractivity contribution in [3.63, 3.8) is 0 Å². The highest BCUT2D eigenvalue weighted by atomic mass is 35.5. The van der Waals surface area contributed by atoms with Crippen LogP contribution in [0.1, 0.15) is 32.3 Å². The molecule has 1 aliphatic rings. The first kappa shape index (κ1) is 14.9. The van der Waals surface area contributed by atoms with Gasteiger partial charge in [-0.15, -0.1) is 0 Å². The molecule has 4 heteroatoms. The second-order valence-electron chi connectivity index (χ2n) is 5.55. The second kappa shape index (κ2) is 6.31. The summed E-state index contributed by atoms with van der Waals surface area (Å²) in [4.78, 5) is 13.1. The summed E-state index contributed by atoms with van der Waals surface area (Å²) < 4.78 is 0. The van der Waals surface area contributed by atoms with Crippen molar-refractivity contribution in [3.8, 4) is 0 Å². The Kier molecular flexibility index (Phi) is 4.71. The van der Waals surface area contributed by atoms with Crippen molar-refractivity contribution in [3.05, 3.63) is 34.9 Å². The summed E-state index contributed by atoms with van der Waals surface area (Å²) in [5.74, 6) is -0.206. The molecule has 20 heavy (non-hydrogen) atoms. The third kappa shape index (κ3) is 3.54. The molecule has 1 aliphatic heterocycles. The van der Waals surface area contributed by atoms with Gasteiger partial charge in [-0.1, -0.05) is 18.5 Å². The second-order valence-corrected chi connectivity index (χ2v) is 5.98. The Labute approximate surface area is 124 Å². The normalized spacial score (nSPS) is 23.2. The maximum atomic E-state index is 10.7. The number of hydrogen-bond acceptors (Lipinski definition) is 2. The van der Waals surface area contributed by atoms with Crippen molar-refractivity contribution < 1.29 is 9.90 Å². The van der Waals surface area contributed by atoms with Gasteiger partial charge in [0.1, 0.15) is 0 Å². The number of carbonyl (C=O) groups is 1. The van der Waals surface area contributed by atoms with Crippen molar-refractivity contribution in [2.75, 3.05) is 11.4 Å². The fraction of sp³-hybridized carbons (Fsp3) is 0.438. The predicted molar refractivity (Wildman–Crippen MR) is 83.3 cm³/mol. The minimum Gasteiger partial charge on any atom is -0.478 e. The Balaban J connectivity index is 2.33. The number of piperidine rings is 1. The third-order valence-electron chi connectivity index (χ3n) is 3.84. The molecule has 0 saturated carbocycles. The van der Waals surface area contributed by atoms with E-state index < -0.39 is 5.97 Å². The highest BCUT2D eigenvalue weighted by molar-refractivity contribution is 6.30. The number of carboxylic acid groups (broad SMARTS) is 1. The fourth-order valence-electron chi connectivity index (χ4n) is 2.85. The summed E-state index contributed by atoms with van der Waals surface area (Å²) in [5.41, 5.74) is 1.92. The lowest BCUT2D eigenvalue weighted by Crippen LogP contribution is -2.40. The fourth-order valence-corrected chi connectivity index (χ4v) is 3.03. The maximum absolute atomic E-state index is 10.7. The van der Waals surface area contributed by atoms with Crippen LogP contribution in [-0.4, -0.2) is 23.7 Å². The summed E-state index contributed by atoms with van der Waals surface area (Å²) in [6.07, 6.45) is 5.10. The van der Waals surface area contributed by atoms with E-state index in [0.717, 1.165) is 42.6 Å². The van der Waals surface area contributed by atoms with Gasteiger partial charge in [0.25, 0.3) is 0 Å². The van der Waals surface area contributed by atoms with Gasteiger partial charge in [0.05, 0.1) is 0 Å². The molecular formula is C16H20ClNO2. The Hall–Kier alpha value is -1.48. The van der Waals surface area contributed by atoms with Crippen LogP contribution < -0.4 is 4.90 Å². The number of rotatable bonds is 3. The largest absolute Gasteiger partial charge is 0.478 e. The molecule has 2 atom stereocenters. The van der Waals surface area contributed by atoms with Crippen LogP contribution in [-0.2, 0) is 4.79 Å². The van der Waals surface area contributed by atoms with E-state index in [-0.39, 0.29) is 0 Å². The summed E-state index contributed by atoms with van der Waals surface area (Å²) in [5, 5.41) is 9.42. The number of aliphatic carboxylic acids is 1. The molecule has 0 spiro atoms. The van der Waals surface area contributed by atoms with Crippen LogP contribution in [0.3, 0.4) is 0 Å². The summed E-state index contributed by atoms with van der Waals surface area (Å²) in [7, 11) is 0. The van der Waals surface area contributed by atoms with Gasteiger partial charge in [0.2, 0.25) is 0 Å². The third-order valence-corrected chi connectivity index (χ3v) is 4.08. The summed E-state index contributed by atoms with van der Waals surface area (Å²) in [6.45, 7) is 5.49. The molecule has 0 radical (unpaired) electrons.